The van der Waals surface area contributed by atoms with Crippen LogP contribution in [0.15, 0.2) is 6.20 Å². The Kier molecular flexibility index (Phi) is 4.51. The summed E-state index contributed by atoms with van der Waals surface area (Å²) in [6, 6.07) is 0.00630. The molecule has 0 aliphatic heterocycles. The monoisotopic (exact) mass is 240 g/mol. The molecule has 0 fully saturated rings. The SMILES string of the molecule is CCN(C(=O)c1c(N)cnn1C)C(C)COC. The number of aryl methyl sites for hydroxylation is 1. The van der Waals surface area contributed by atoms with Gasteiger partial charge in [-0.3, -0.25) is 9.48 Å². The minimum Gasteiger partial charge on any atom is -0.396 e. The lowest BCUT2D eigenvalue weighted by atomic mass is 10.2. The Morgan fingerprint density at radius 1 is 1.71 bits per heavy atom. The number of nitrogen functional groups attached to an aromatic ring is 1. The van der Waals surface area contributed by atoms with Crippen molar-refractivity contribution in [1.82, 2.24) is 14.7 Å². The summed E-state index contributed by atoms with van der Waals surface area (Å²) in [4.78, 5) is 14.0. The fourth-order valence-corrected chi connectivity index (χ4v) is 1.84. The molecular weight excluding hydrogens is 220 g/mol. The van der Waals surface area contributed by atoms with Gasteiger partial charge in [0.15, 0.2) is 0 Å². The van der Waals surface area contributed by atoms with Crippen LogP contribution in [0.5, 0.6) is 0 Å². The summed E-state index contributed by atoms with van der Waals surface area (Å²) < 4.78 is 6.57. The Hall–Kier alpha value is -1.56. The van der Waals surface area contributed by atoms with Gasteiger partial charge in [0.05, 0.1) is 24.5 Å². The second-order valence-corrected chi connectivity index (χ2v) is 3.97. The van der Waals surface area contributed by atoms with E-state index in [4.69, 9.17) is 10.5 Å². The molecule has 6 nitrogen and oxygen atoms in total. The summed E-state index contributed by atoms with van der Waals surface area (Å²) in [7, 11) is 3.33. The van der Waals surface area contributed by atoms with Crippen LogP contribution in [0.3, 0.4) is 0 Å². The molecule has 0 spiro atoms. The zero-order valence-electron chi connectivity index (χ0n) is 10.8. The summed E-state index contributed by atoms with van der Waals surface area (Å²) in [5, 5.41) is 3.97. The van der Waals surface area contributed by atoms with Gasteiger partial charge in [0.1, 0.15) is 5.69 Å². The van der Waals surface area contributed by atoms with Crippen molar-refractivity contribution in [2.45, 2.75) is 19.9 Å². The average Bonchev–Trinajstić information content (AvgIpc) is 2.59. The molecule has 0 aromatic carbocycles. The number of aromatic nitrogens is 2. The summed E-state index contributed by atoms with van der Waals surface area (Å²) in [6.07, 6.45) is 1.49. The second-order valence-electron chi connectivity index (χ2n) is 3.97. The first kappa shape index (κ1) is 13.5. The molecule has 1 aromatic heterocycles. The van der Waals surface area contributed by atoms with Crippen LogP contribution in [-0.4, -0.2) is 46.9 Å². The molecule has 1 rings (SSSR count). The lowest BCUT2D eigenvalue weighted by molar-refractivity contribution is 0.0570. The molecule has 1 unspecified atom stereocenters. The van der Waals surface area contributed by atoms with E-state index in [9.17, 15) is 4.79 Å². The molecule has 0 bridgehead atoms. The number of nitrogens with zero attached hydrogens (tertiary/aromatic N) is 3. The van der Waals surface area contributed by atoms with Crippen molar-refractivity contribution < 1.29 is 9.53 Å². The van der Waals surface area contributed by atoms with Crippen LogP contribution in [-0.2, 0) is 11.8 Å². The van der Waals surface area contributed by atoms with Crippen molar-refractivity contribution in [3.05, 3.63) is 11.9 Å². The van der Waals surface area contributed by atoms with Crippen molar-refractivity contribution in [1.29, 1.82) is 0 Å². The molecular formula is C11H20N4O2. The average molecular weight is 240 g/mol. The van der Waals surface area contributed by atoms with Crippen molar-refractivity contribution >= 4 is 11.6 Å². The van der Waals surface area contributed by atoms with E-state index >= 15 is 0 Å². The van der Waals surface area contributed by atoms with Gasteiger partial charge < -0.3 is 15.4 Å². The Bertz CT molecular complexity index is 369. The van der Waals surface area contributed by atoms with Gasteiger partial charge in [0, 0.05) is 20.7 Å². The van der Waals surface area contributed by atoms with Crippen LogP contribution in [0.25, 0.3) is 0 Å². The number of ether oxygens (including phenoxy) is 1. The number of carbonyl (C=O) groups excluding carboxylic acids is 1. The second kappa shape index (κ2) is 5.67. The van der Waals surface area contributed by atoms with E-state index in [2.05, 4.69) is 5.10 Å². The molecule has 1 amide bonds. The van der Waals surface area contributed by atoms with Crippen molar-refractivity contribution in [3.8, 4) is 0 Å². The van der Waals surface area contributed by atoms with Crippen molar-refractivity contribution in [3.63, 3.8) is 0 Å². The predicted molar refractivity (Wildman–Crippen MR) is 65.7 cm³/mol. The minimum atomic E-state index is -0.116. The molecule has 0 saturated heterocycles. The maximum atomic E-state index is 12.3. The smallest absolute Gasteiger partial charge is 0.274 e. The maximum absolute atomic E-state index is 12.3. The Labute approximate surface area is 101 Å². The van der Waals surface area contributed by atoms with Gasteiger partial charge in [-0.1, -0.05) is 0 Å². The number of hydrogen-bond donors (Lipinski definition) is 1. The number of hydrogen-bond acceptors (Lipinski definition) is 4. The van der Waals surface area contributed by atoms with Gasteiger partial charge >= 0.3 is 0 Å². The third kappa shape index (κ3) is 2.76. The van der Waals surface area contributed by atoms with Crippen LogP contribution in [0.4, 0.5) is 5.69 Å². The van der Waals surface area contributed by atoms with Crippen molar-refractivity contribution in [2.24, 2.45) is 7.05 Å². The highest BCUT2D eigenvalue weighted by atomic mass is 16.5. The number of methoxy groups -OCH3 is 1. The third-order valence-corrected chi connectivity index (χ3v) is 2.71. The number of carbonyl (C=O) groups is 1. The summed E-state index contributed by atoms with van der Waals surface area (Å²) in [6.45, 7) is 4.97. The molecule has 17 heavy (non-hydrogen) atoms. The number of rotatable bonds is 5. The molecule has 1 aromatic rings. The molecule has 2 N–H and O–H groups in total. The zero-order valence-corrected chi connectivity index (χ0v) is 10.8. The standard InChI is InChI=1S/C11H20N4O2/c1-5-15(8(2)7-17-4)11(16)10-9(12)6-13-14(10)3/h6,8H,5,7,12H2,1-4H3. The van der Waals surface area contributed by atoms with Crippen LogP contribution in [0.1, 0.15) is 24.3 Å². The Morgan fingerprint density at radius 3 is 2.76 bits per heavy atom. The number of anilines is 1. The number of amides is 1. The first-order chi connectivity index (χ1) is 8.02. The summed E-state index contributed by atoms with van der Waals surface area (Å²) in [5.41, 5.74) is 6.58. The van der Waals surface area contributed by atoms with Crippen LogP contribution in [0, 0.1) is 0 Å². The molecule has 1 atom stereocenters. The van der Waals surface area contributed by atoms with Crippen molar-refractivity contribution in [2.75, 3.05) is 26.0 Å². The van der Waals surface area contributed by atoms with Crippen LogP contribution >= 0.6 is 0 Å². The molecule has 0 aliphatic rings. The zero-order chi connectivity index (χ0) is 13.0. The fourth-order valence-electron chi connectivity index (χ4n) is 1.84. The summed E-state index contributed by atoms with van der Waals surface area (Å²) in [5.74, 6) is -0.116. The van der Waals surface area contributed by atoms with Crippen LogP contribution in [0.2, 0.25) is 0 Å². The maximum Gasteiger partial charge on any atom is 0.274 e. The van der Waals surface area contributed by atoms with E-state index < -0.39 is 0 Å². The van der Waals surface area contributed by atoms with E-state index in [0.29, 0.717) is 24.5 Å². The van der Waals surface area contributed by atoms with Gasteiger partial charge in [0.2, 0.25) is 0 Å². The summed E-state index contributed by atoms with van der Waals surface area (Å²) >= 11 is 0. The van der Waals surface area contributed by atoms with Crippen LogP contribution < -0.4 is 5.73 Å². The predicted octanol–water partition coefficient (Wildman–Crippen LogP) is 0.499. The topological polar surface area (TPSA) is 73.4 Å². The normalized spacial score (nSPS) is 12.5. The highest BCUT2D eigenvalue weighted by molar-refractivity contribution is 5.97. The lowest BCUT2D eigenvalue weighted by Crippen LogP contribution is -2.41. The molecule has 0 aliphatic carbocycles. The molecule has 0 saturated carbocycles. The first-order valence-electron chi connectivity index (χ1n) is 5.60. The minimum absolute atomic E-state index is 0.00630. The molecule has 96 valence electrons. The van der Waals surface area contributed by atoms with Gasteiger partial charge in [-0.05, 0) is 13.8 Å². The lowest BCUT2D eigenvalue weighted by Gasteiger charge is -2.27. The van der Waals surface area contributed by atoms with E-state index in [-0.39, 0.29) is 11.9 Å². The highest BCUT2D eigenvalue weighted by Gasteiger charge is 2.24. The highest BCUT2D eigenvalue weighted by Crippen LogP contribution is 2.14. The van der Waals surface area contributed by atoms with Gasteiger partial charge in [-0.15, -0.1) is 0 Å². The Morgan fingerprint density at radius 2 is 2.35 bits per heavy atom. The Balaban J connectivity index is 2.94. The molecule has 1 heterocycles. The number of likely N-dealkylation sites (N-methyl/N-ethyl adjacent to an activating group) is 1. The fraction of sp³-hybridized carbons (Fsp3) is 0.636. The van der Waals surface area contributed by atoms with Gasteiger partial charge in [0.25, 0.3) is 5.91 Å². The first-order valence-corrected chi connectivity index (χ1v) is 5.60. The molecule has 6 heteroatoms. The third-order valence-electron chi connectivity index (χ3n) is 2.71. The van der Waals surface area contributed by atoms with E-state index in [1.165, 1.54) is 10.9 Å². The van der Waals surface area contributed by atoms with Gasteiger partial charge in [-0.25, -0.2) is 0 Å². The largest absolute Gasteiger partial charge is 0.396 e. The quantitative estimate of drug-likeness (QED) is 0.813. The van der Waals surface area contributed by atoms with E-state index in [1.54, 1.807) is 19.1 Å². The van der Waals surface area contributed by atoms with E-state index in [1.807, 2.05) is 13.8 Å². The van der Waals surface area contributed by atoms with E-state index in [0.717, 1.165) is 0 Å². The molecule has 0 radical (unpaired) electrons. The number of nitrogens with two attached hydrogens (primary N) is 1. The van der Waals surface area contributed by atoms with Gasteiger partial charge in [-0.2, -0.15) is 5.10 Å².